The molecule has 12 aromatic rings. The van der Waals surface area contributed by atoms with Crippen molar-refractivity contribution in [3.8, 4) is 89.0 Å². The Morgan fingerprint density at radius 3 is 0.500 bits per heavy atom. The fourth-order valence-corrected chi connectivity index (χ4v) is 15.4. The monoisotopic (exact) mass is 1080 g/mol. The molecule has 0 unspecified atom stereocenters. The van der Waals surface area contributed by atoms with Crippen molar-refractivity contribution in [1.82, 2.24) is 0 Å². The van der Waals surface area contributed by atoms with Gasteiger partial charge in [-0.2, -0.15) is 0 Å². The Balaban J connectivity index is 0.00000658. The van der Waals surface area contributed by atoms with Crippen LogP contribution < -0.4 is 0 Å². The average molecular weight is 1080 g/mol. The normalized spacial score (nSPS) is 19.9. The molecule has 14 rings (SSSR count). The van der Waals surface area contributed by atoms with E-state index >= 15 is 0 Å². The summed E-state index contributed by atoms with van der Waals surface area (Å²) >= 11 is 0. The Bertz CT molecular complexity index is 3670. The minimum Gasteiger partial charge on any atom is -0.0776 e. The zero-order valence-electron chi connectivity index (χ0n) is 47.6. The van der Waals surface area contributed by atoms with Crippen LogP contribution in [0.3, 0.4) is 0 Å². The van der Waals surface area contributed by atoms with E-state index < -0.39 is 0 Å². The zero-order chi connectivity index (χ0) is 55.9. The first-order valence-corrected chi connectivity index (χ1v) is 29.7. The number of benzene rings is 12. The van der Waals surface area contributed by atoms with Gasteiger partial charge in [-0.05, 0) is 189 Å². The van der Waals surface area contributed by atoms with Gasteiger partial charge in [0.05, 0.1) is 0 Å². The summed E-state index contributed by atoms with van der Waals surface area (Å²) in [5.74, 6) is 0. The van der Waals surface area contributed by atoms with Gasteiger partial charge in [0, 0.05) is 0 Å². The average Bonchev–Trinajstić information content (AvgIpc) is 0.823. The van der Waals surface area contributed by atoms with Crippen LogP contribution in [-0.2, 0) is 21.7 Å². The van der Waals surface area contributed by atoms with Crippen molar-refractivity contribution in [3.05, 3.63) is 338 Å². The van der Waals surface area contributed by atoms with Gasteiger partial charge in [-0.15, -0.1) is 0 Å². The molecule has 0 heteroatoms. The van der Waals surface area contributed by atoms with Crippen molar-refractivity contribution >= 4 is 0 Å². The van der Waals surface area contributed by atoms with Crippen LogP contribution in [-0.4, -0.2) is 0 Å². The Morgan fingerprint density at radius 1 is 0.179 bits per heavy atom. The smallest absolute Gasteiger partial charge is 0.00213 e. The first kappa shape index (κ1) is 53.9. The summed E-state index contributed by atoms with van der Waals surface area (Å²) in [5, 5.41) is 0. The van der Waals surface area contributed by atoms with Gasteiger partial charge in [0.25, 0.3) is 0 Å². The van der Waals surface area contributed by atoms with E-state index in [0.717, 1.165) is 32.1 Å². The lowest BCUT2D eigenvalue weighted by molar-refractivity contribution is 0.0167. The third-order valence-electron chi connectivity index (χ3n) is 18.8. The van der Waals surface area contributed by atoms with Crippen LogP contribution in [0.2, 0.25) is 0 Å². The second-order valence-electron chi connectivity index (χ2n) is 24.7. The van der Waals surface area contributed by atoms with Gasteiger partial charge in [0.1, 0.15) is 0 Å². The van der Waals surface area contributed by atoms with E-state index in [1.165, 1.54) is 111 Å². The molecule has 0 heterocycles. The third kappa shape index (κ3) is 10.5. The molecular weight excluding hydrogens is 1010 g/mol. The van der Waals surface area contributed by atoms with Crippen LogP contribution in [0.4, 0.5) is 0 Å². The largest absolute Gasteiger partial charge is 0.0776 e. The van der Waals surface area contributed by atoms with E-state index in [9.17, 15) is 0 Å². The van der Waals surface area contributed by atoms with Gasteiger partial charge in [0.15, 0.2) is 0 Å². The highest BCUT2D eigenvalue weighted by Crippen LogP contribution is 2.68. The Hall–Kier alpha value is -9.36. The minimum absolute atomic E-state index is 0. The number of hydrogen-bond donors (Lipinski definition) is 0. The highest BCUT2D eigenvalue weighted by molar-refractivity contribution is 5.80. The molecule has 0 N–H and O–H groups in total. The van der Waals surface area contributed by atoms with Gasteiger partial charge in [-0.25, -0.2) is 0 Å². The van der Waals surface area contributed by atoms with Gasteiger partial charge >= 0.3 is 0 Å². The van der Waals surface area contributed by atoms with Gasteiger partial charge < -0.3 is 0 Å². The summed E-state index contributed by atoms with van der Waals surface area (Å²) in [6.45, 7) is 5.30. The molecule has 0 aromatic heterocycles. The lowest BCUT2D eigenvalue weighted by atomic mass is 9.39. The molecule has 2 aliphatic rings. The van der Waals surface area contributed by atoms with E-state index in [2.05, 4.69) is 329 Å². The van der Waals surface area contributed by atoms with Crippen molar-refractivity contribution in [2.45, 2.75) is 75.0 Å². The first-order chi connectivity index (χ1) is 40.7. The van der Waals surface area contributed by atoms with Crippen molar-refractivity contribution in [3.63, 3.8) is 0 Å². The minimum atomic E-state index is -0.338. The van der Waals surface area contributed by atoms with E-state index in [1.807, 2.05) is 0 Å². The van der Waals surface area contributed by atoms with Gasteiger partial charge in [-0.3, -0.25) is 0 Å². The number of rotatable bonds is 12. The molecule has 2 bridgehead atoms. The summed E-state index contributed by atoms with van der Waals surface area (Å²) in [4.78, 5) is 0. The summed E-state index contributed by atoms with van der Waals surface area (Å²) in [6, 6.07) is 119. The fourth-order valence-electron chi connectivity index (χ4n) is 15.4. The van der Waals surface area contributed by atoms with E-state index in [4.69, 9.17) is 0 Å². The maximum atomic E-state index is 2.65. The van der Waals surface area contributed by atoms with Crippen LogP contribution in [0.1, 0.15) is 75.6 Å². The molecule has 0 amide bonds. The molecule has 0 saturated heterocycles. The Morgan fingerprint density at radius 2 is 0.333 bits per heavy atom. The van der Waals surface area contributed by atoms with Gasteiger partial charge in [0.2, 0.25) is 0 Å². The quantitative estimate of drug-likeness (QED) is 0.114. The SMILES string of the molecule is C.CC1(c2cc(-c3ccccc3)cc(-c3ccccc3)c2)CC2(c3cc(-c4ccccc4)cc(-c4ccccc4)c3)CC(C)(c3cc(-c4ccccc4)cc(-c4ccccc4)c3)CC(c3cc(-c4ccccc4)cc(-c4ccccc4)c3)(C1)C2. The van der Waals surface area contributed by atoms with E-state index in [-0.39, 0.29) is 29.1 Å². The molecule has 0 aliphatic heterocycles. The number of fused-ring (bicyclic) bond motifs is 2. The predicted molar refractivity (Wildman–Crippen MR) is 357 cm³/mol. The van der Waals surface area contributed by atoms with Gasteiger partial charge in [-0.1, -0.05) is 312 Å². The van der Waals surface area contributed by atoms with Crippen molar-refractivity contribution < 1.29 is 0 Å². The van der Waals surface area contributed by atoms with Crippen LogP contribution >= 0.6 is 0 Å². The Labute approximate surface area is 498 Å². The molecule has 0 spiro atoms. The molecule has 0 nitrogen and oxygen atoms in total. The molecule has 2 saturated carbocycles. The topological polar surface area (TPSA) is 0 Å². The summed E-state index contributed by atoms with van der Waals surface area (Å²) in [6.07, 6.45) is 4.85. The molecule has 12 aromatic carbocycles. The molecule has 408 valence electrons. The second-order valence-corrected chi connectivity index (χ2v) is 24.7. The summed E-state index contributed by atoms with van der Waals surface area (Å²) in [5.41, 5.74) is 24.3. The summed E-state index contributed by atoms with van der Waals surface area (Å²) < 4.78 is 0. The predicted octanol–water partition coefficient (Wildman–Crippen LogP) is 22.7. The van der Waals surface area contributed by atoms with E-state index in [1.54, 1.807) is 0 Å². The molecule has 84 heavy (non-hydrogen) atoms. The molecular formula is C84H72. The maximum Gasteiger partial charge on any atom is -0.00213 e. The second kappa shape index (κ2) is 22.4. The van der Waals surface area contributed by atoms with Crippen molar-refractivity contribution in [1.29, 1.82) is 0 Å². The van der Waals surface area contributed by atoms with Crippen LogP contribution in [0.25, 0.3) is 89.0 Å². The summed E-state index contributed by atoms with van der Waals surface area (Å²) in [7, 11) is 0. The van der Waals surface area contributed by atoms with Crippen molar-refractivity contribution in [2.75, 3.05) is 0 Å². The maximum absolute atomic E-state index is 2.65. The lowest BCUT2D eigenvalue weighted by Gasteiger charge is -2.64. The highest BCUT2D eigenvalue weighted by Gasteiger charge is 2.62. The van der Waals surface area contributed by atoms with E-state index in [0.29, 0.717) is 0 Å². The standard InChI is InChI=1S/C83H68.CH4/c1-80(76-47-68(60-27-11-3-12-28-60)43-69(48-76)61-29-13-4-14-30-61)55-82(78-51-72(64-35-19-7-20-36-64)45-73(52-78)65-37-21-8-22-38-65)57-81(2,77-49-70(62-31-15-5-16-32-62)44-71(50-77)63-33-17-6-18-34-63)58-83(56-80,59-82)79-53-74(66-39-23-9-24-40-66)46-75(54-79)67-41-25-10-26-42-67;/h3-54H,55-59H2,1-2H3;1H4. The molecule has 2 fully saturated rings. The zero-order valence-corrected chi connectivity index (χ0v) is 47.6. The van der Waals surface area contributed by atoms with Crippen LogP contribution in [0, 0.1) is 0 Å². The van der Waals surface area contributed by atoms with Crippen LogP contribution in [0.15, 0.2) is 315 Å². The van der Waals surface area contributed by atoms with Crippen molar-refractivity contribution in [2.24, 2.45) is 0 Å². The molecule has 2 aliphatic carbocycles. The molecule has 0 radical (unpaired) electrons. The highest BCUT2D eigenvalue weighted by atomic mass is 14.7. The Kier molecular flexibility index (Phi) is 14.4. The fraction of sp³-hybridized carbons (Fsp3) is 0.143. The third-order valence-corrected chi connectivity index (χ3v) is 18.8. The molecule has 0 atom stereocenters. The number of hydrogen-bond acceptors (Lipinski definition) is 0. The first-order valence-electron chi connectivity index (χ1n) is 29.7. The van der Waals surface area contributed by atoms with Crippen LogP contribution in [0.5, 0.6) is 0 Å². The lowest BCUT2D eigenvalue weighted by Crippen LogP contribution is -2.59.